The molecule has 37 heavy (non-hydrogen) atoms. The molecule has 1 aromatic rings. The van der Waals surface area contributed by atoms with Gasteiger partial charge in [0.2, 0.25) is 11.8 Å². The van der Waals surface area contributed by atoms with Crippen LogP contribution < -0.4 is 5.32 Å². The minimum Gasteiger partial charge on any atom is -0.478 e. The first-order chi connectivity index (χ1) is 16.9. The van der Waals surface area contributed by atoms with E-state index in [1.165, 1.54) is 36.1 Å². The van der Waals surface area contributed by atoms with E-state index in [2.05, 4.69) is 5.32 Å². The van der Waals surface area contributed by atoms with E-state index < -0.39 is 59.2 Å². The van der Waals surface area contributed by atoms with Crippen molar-refractivity contribution in [1.82, 2.24) is 9.80 Å². The van der Waals surface area contributed by atoms with Gasteiger partial charge in [-0.3, -0.25) is 14.5 Å². The third-order valence-corrected chi connectivity index (χ3v) is 8.29. The van der Waals surface area contributed by atoms with Crippen LogP contribution in [-0.2, 0) is 14.4 Å². The first kappa shape index (κ1) is 29.0. The molecular weight excluding hydrogens is 517 g/mol. The number of hydrogen-bond donors (Lipinski definition) is 5. The second-order valence-corrected chi connectivity index (χ2v) is 10.4. The number of nitrogens with zero attached hydrogens (tertiary/aromatic N) is 2. The maximum absolute atomic E-state index is 12.9. The fraction of sp³-hybridized carbons (Fsp3) is 0.435. The second kappa shape index (κ2) is 11.0. The second-order valence-electron chi connectivity index (χ2n) is 9.07. The summed E-state index contributed by atoms with van der Waals surface area (Å²) in [5.41, 5.74) is -0.00544. The zero-order valence-corrected chi connectivity index (χ0v) is 23.1. The molecule has 3 aliphatic rings. The Morgan fingerprint density at radius 2 is 1.81 bits per heavy atom. The van der Waals surface area contributed by atoms with E-state index in [1.54, 1.807) is 6.92 Å². The van der Waals surface area contributed by atoms with Gasteiger partial charge in [-0.15, -0.1) is 11.8 Å². The van der Waals surface area contributed by atoms with Crippen LogP contribution in [0.1, 0.15) is 30.6 Å². The van der Waals surface area contributed by atoms with E-state index >= 15 is 0 Å². The summed E-state index contributed by atoms with van der Waals surface area (Å²) < 4.78 is 0. The molecule has 14 heteroatoms. The zero-order valence-electron chi connectivity index (χ0n) is 20.3. The standard InChI is InChI=1S/C23H25N3O9S.Na/c1-9-16-15(10(2)27)20(29)26(16)17(22(32)33)18(9)36-13-7-14(25(8-13)23(34)35)19(28)24-12-5-3-4-11(6-12)21(30)31;/h3-6,9-10,13-16,27H,7-8H2,1-2H3,(H,24,28)(H,30,31)(H,32,33)(H,34,35);/t9?,10?,13?,14?,15?,16-;/m1./s1. The van der Waals surface area contributed by atoms with Crippen LogP contribution in [0.4, 0.5) is 10.5 Å². The van der Waals surface area contributed by atoms with Crippen molar-refractivity contribution in [2.75, 3.05) is 11.9 Å². The van der Waals surface area contributed by atoms with Crippen molar-refractivity contribution < 1.29 is 44.4 Å². The smallest absolute Gasteiger partial charge is 0.408 e. The summed E-state index contributed by atoms with van der Waals surface area (Å²) in [5, 5.41) is 40.7. The number of carbonyl (C=O) groups excluding carboxylic acids is 2. The maximum Gasteiger partial charge on any atom is 0.408 e. The molecule has 2 saturated heterocycles. The Bertz CT molecular complexity index is 1190. The Balaban J connectivity index is 0.00000380. The van der Waals surface area contributed by atoms with Gasteiger partial charge >= 0.3 is 18.0 Å². The van der Waals surface area contributed by atoms with Gasteiger partial charge in [0.15, 0.2) is 0 Å². The molecule has 0 bridgehead atoms. The zero-order chi connectivity index (χ0) is 26.5. The summed E-state index contributed by atoms with van der Waals surface area (Å²) >= 11 is 1.14. The van der Waals surface area contributed by atoms with Crippen molar-refractivity contribution in [3.8, 4) is 0 Å². The van der Waals surface area contributed by atoms with Crippen molar-refractivity contribution in [2.24, 2.45) is 11.8 Å². The molecule has 3 amide bonds. The van der Waals surface area contributed by atoms with E-state index in [0.717, 1.165) is 16.7 Å². The van der Waals surface area contributed by atoms with Crippen LogP contribution in [0.15, 0.2) is 34.9 Å². The number of β-lactam (4-membered cyclic amide) rings is 1. The molecule has 3 aliphatic heterocycles. The number of rotatable bonds is 7. The molecule has 5 N–H and O–H groups in total. The minimum atomic E-state index is -1.32. The molecule has 6 atom stereocenters. The number of fused-ring (bicyclic) bond motifs is 1. The number of amides is 3. The number of aliphatic hydroxyl groups is 1. The quantitative estimate of drug-likeness (QED) is 0.245. The van der Waals surface area contributed by atoms with Crippen molar-refractivity contribution in [3.05, 3.63) is 40.4 Å². The van der Waals surface area contributed by atoms with Crippen molar-refractivity contribution in [1.29, 1.82) is 0 Å². The van der Waals surface area contributed by atoms with Gasteiger partial charge in [-0.05, 0) is 31.5 Å². The van der Waals surface area contributed by atoms with Crippen LogP contribution in [0.3, 0.4) is 0 Å². The van der Waals surface area contributed by atoms with Crippen molar-refractivity contribution in [3.63, 3.8) is 0 Å². The van der Waals surface area contributed by atoms with Crippen LogP contribution in [0.2, 0.25) is 0 Å². The van der Waals surface area contributed by atoms with Gasteiger partial charge in [-0.1, -0.05) is 13.0 Å². The third kappa shape index (κ3) is 5.23. The predicted octanol–water partition coefficient (Wildman–Crippen LogP) is 0.950. The van der Waals surface area contributed by atoms with Gasteiger partial charge in [-0.25, -0.2) is 14.4 Å². The molecule has 0 spiro atoms. The molecule has 3 heterocycles. The molecule has 5 unspecified atom stereocenters. The SMILES string of the molecule is CC(O)C1C(=O)N2C(C(=O)O)=C(SC3CC(C(=O)Nc4cccc(C(=O)O)c4)N(C(=O)O)C3)C(C)[C@H]12.[Na]. The number of hydrogen-bond acceptors (Lipinski definition) is 7. The monoisotopic (exact) mass is 542 g/mol. The summed E-state index contributed by atoms with van der Waals surface area (Å²) in [6, 6.07) is 3.98. The number of carboxylic acids is 2. The number of likely N-dealkylation sites (tertiary alicyclic amines) is 1. The maximum atomic E-state index is 12.9. The van der Waals surface area contributed by atoms with Gasteiger partial charge in [0, 0.05) is 57.9 Å². The van der Waals surface area contributed by atoms with Crippen LogP contribution in [0, 0.1) is 11.8 Å². The van der Waals surface area contributed by atoms with Crippen LogP contribution in [0.5, 0.6) is 0 Å². The predicted molar refractivity (Wildman–Crippen MR) is 132 cm³/mol. The van der Waals surface area contributed by atoms with E-state index in [9.17, 15) is 39.3 Å². The molecule has 193 valence electrons. The molecule has 1 aromatic carbocycles. The van der Waals surface area contributed by atoms with Gasteiger partial charge in [-0.2, -0.15) is 0 Å². The van der Waals surface area contributed by atoms with E-state index in [-0.39, 0.29) is 65.4 Å². The Hall–Kier alpha value is -2.58. The number of carboxylic acid groups (broad SMARTS) is 3. The van der Waals surface area contributed by atoms with Crippen LogP contribution in [-0.4, -0.2) is 120 Å². The topological polar surface area (TPSA) is 185 Å². The molecule has 0 aliphatic carbocycles. The largest absolute Gasteiger partial charge is 0.478 e. The average Bonchev–Trinajstić information content (AvgIpc) is 3.32. The first-order valence-electron chi connectivity index (χ1n) is 11.2. The van der Waals surface area contributed by atoms with E-state index in [1.807, 2.05) is 0 Å². The number of aliphatic carboxylic acids is 1. The van der Waals surface area contributed by atoms with Gasteiger partial charge in [0.25, 0.3) is 0 Å². The van der Waals surface area contributed by atoms with Gasteiger partial charge < -0.3 is 30.6 Å². The number of carbonyl (C=O) groups is 5. The first-order valence-corrected chi connectivity index (χ1v) is 12.1. The van der Waals surface area contributed by atoms with Crippen LogP contribution >= 0.6 is 11.8 Å². The summed E-state index contributed by atoms with van der Waals surface area (Å²) in [6.45, 7) is 3.20. The Morgan fingerprint density at radius 3 is 2.38 bits per heavy atom. The third-order valence-electron chi connectivity index (χ3n) is 6.79. The molecule has 2 fully saturated rings. The number of benzene rings is 1. The summed E-state index contributed by atoms with van der Waals surface area (Å²) in [6.07, 6.45) is -2.18. The molecule has 1 radical (unpaired) electrons. The van der Waals surface area contributed by atoms with Crippen molar-refractivity contribution in [2.45, 2.75) is 43.7 Å². The number of aliphatic hydroxyl groups excluding tert-OH is 1. The average molecular weight is 543 g/mol. The van der Waals surface area contributed by atoms with Crippen molar-refractivity contribution >= 4 is 76.9 Å². The van der Waals surface area contributed by atoms with Gasteiger partial charge in [0.1, 0.15) is 11.7 Å². The Labute approximate surface area is 238 Å². The van der Waals surface area contributed by atoms with Crippen LogP contribution in [0.25, 0.3) is 0 Å². The normalized spacial score (nSPS) is 27.2. The molecule has 12 nitrogen and oxygen atoms in total. The summed E-state index contributed by atoms with van der Waals surface area (Å²) in [5.74, 6) is -4.66. The molecule has 0 saturated carbocycles. The molecule has 0 aromatic heterocycles. The molecule has 4 rings (SSSR count). The summed E-state index contributed by atoms with van der Waals surface area (Å²) in [4.78, 5) is 63.1. The fourth-order valence-electron chi connectivity index (χ4n) is 5.16. The minimum absolute atomic E-state index is 0. The fourth-order valence-corrected chi connectivity index (χ4v) is 6.68. The van der Waals surface area contributed by atoms with E-state index in [4.69, 9.17) is 5.11 Å². The number of aromatic carboxylic acids is 1. The van der Waals surface area contributed by atoms with Gasteiger partial charge in [0.05, 0.1) is 23.6 Å². The number of nitrogens with one attached hydrogen (secondary N) is 1. The van der Waals surface area contributed by atoms with E-state index in [0.29, 0.717) is 4.91 Å². The number of anilines is 1. The Kier molecular flexibility index (Phi) is 8.64. The number of thioether (sulfide) groups is 1. The summed E-state index contributed by atoms with van der Waals surface area (Å²) in [7, 11) is 0. The Morgan fingerprint density at radius 1 is 1.14 bits per heavy atom. The molecular formula is C23H25N3NaO9S.